The molecule has 5 atom stereocenters. The van der Waals surface area contributed by atoms with Gasteiger partial charge in [0.25, 0.3) is 0 Å². The van der Waals surface area contributed by atoms with Crippen molar-refractivity contribution in [2.75, 3.05) is 6.61 Å². The lowest BCUT2D eigenvalue weighted by Gasteiger charge is -2.46. The summed E-state index contributed by atoms with van der Waals surface area (Å²) in [5.74, 6) is -7.95. The SMILES string of the molecule is Cc1nc(C[C@@H]2O[C@H](COCc3ccccc3)[C@@H](OCc3ccccc3)[C@H](OCc3ccccc3)[C@H]2OCc2ccccc2)c(F)c(C(F)(F)C(F)(F)F)n1. The molecule has 0 N–H and O–H groups in total. The summed E-state index contributed by atoms with van der Waals surface area (Å²) in [6.07, 6.45) is -11.6. The van der Waals surface area contributed by atoms with Gasteiger partial charge in [-0.3, -0.25) is 0 Å². The molecular formula is C42H40F6N2O5. The number of halogens is 6. The lowest BCUT2D eigenvalue weighted by molar-refractivity contribution is -0.292. The quantitative estimate of drug-likeness (QED) is 0.0930. The van der Waals surface area contributed by atoms with E-state index in [0.29, 0.717) is 0 Å². The Morgan fingerprint density at radius 3 is 1.44 bits per heavy atom. The van der Waals surface area contributed by atoms with Gasteiger partial charge in [-0.1, -0.05) is 121 Å². The molecule has 13 heteroatoms. The Balaban J connectivity index is 1.40. The molecule has 1 fully saturated rings. The lowest BCUT2D eigenvalue weighted by Crippen LogP contribution is -2.61. The number of hydrogen-bond acceptors (Lipinski definition) is 7. The molecule has 0 aliphatic carbocycles. The largest absolute Gasteiger partial charge is 0.459 e. The molecule has 1 aliphatic rings. The number of aryl methyl sites for hydroxylation is 1. The third-order valence-electron chi connectivity index (χ3n) is 9.06. The summed E-state index contributed by atoms with van der Waals surface area (Å²) in [7, 11) is 0. The normalized spacial score (nSPS) is 20.4. The van der Waals surface area contributed by atoms with Gasteiger partial charge in [0.2, 0.25) is 0 Å². The number of nitrogens with zero attached hydrogens (tertiary/aromatic N) is 2. The van der Waals surface area contributed by atoms with Crippen LogP contribution in [-0.2, 0) is 62.5 Å². The molecule has 4 aromatic carbocycles. The smallest absolute Gasteiger partial charge is 0.374 e. The van der Waals surface area contributed by atoms with Crippen molar-refractivity contribution in [2.45, 2.75) is 82.4 Å². The fourth-order valence-corrected chi connectivity index (χ4v) is 6.33. The Bertz CT molecular complexity index is 1920. The minimum Gasteiger partial charge on any atom is -0.374 e. The molecule has 7 nitrogen and oxygen atoms in total. The van der Waals surface area contributed by atoms with E-state index in [0.717, 1.165) is 29.2 Å². The van der Waals surface area contributed by atoms with Crippen LogP contribution in [0.2, 0.25) is 0 Å². The second-order valence-corrected chi connectivity index (χ2v) is 13.2. The Morgan fingerprint density at radius 2 is 0.982 bits per heavy atom. The van der Waals surface area contributed by atoms with E-state index >= 15 is 4.39 Å². The Kier molecular flexibility index (Phi) is 13.3. The van der Waals surface area contributed by atoms with Crippen molar-refractivity contribution in [1.29, 1.82) is 0 Å². The van der Waals surface area contributed by atoms with Gasteiger partial charge in [-0.2, -0.15) is 22.0 Å². The molecule has 6 rings (SSSR count). The average molecular weight is 767 g/mol. The molecule has 55 heavy (non-hydrogen) atoms. The van der Waals surface area contributed by atoms with Gasteiger partial charge in [0, 0.05) is 6.42 Å². The van der Waals surface area contributed by atoms with E-state index in [-0.39, 0.29) is 33.0 Å². The van der Waals surface area contributed by atoms with Crippen molar-refractivity contribution < 1.29 is 50.0 Å². The predicted octanol–water partition coefficient (Wildman–Crippen LogP) is 8.86. The van der Waals surface area contributed by atoms with Crippen molar-refractivity contribution in [1.82, 2.24) is 9.97 Å². The van der Waals surface area contributed by atoms with Crippen LogP contribution in [0.25, 0.3) is 0 Å². The van der Waals surface area contributed by atoms with E-state index in [9.17, 15) is 22.0 Å². The van der Waals surface area contributed by atoms with Gasteiger partial charge >= 0.3 is 12.1 Å². The number of hydrogen-bond donors (Lipinski definition) is 0. The Morgan fingerprint density at radius 1 is 0.564 bits per heavy atom. The van der Waals surface area contributed by atoms with Crippen molar-refractivity contribution in [3.8, 4) is 0 Å². The van der Waals surface area contributed by atoms with Crippen LogP contribution in [0.1, 0.15) is 39.5 Å². The summed E-state index contributed by atoms with van der Waals surface area (Å²) in [5.41, 5.74) is 0.572. The predicted molar refractivity (Wildman–Crippen MR) is 190 cm³/mol. The van der Waals surface area contributed by atoms with Gasteiger partial charge in [0.05, 0.1) is 44.8 Å². The molecular weight excluding hydrogens is 726 g/mol. The molecule has 0 saturated carbocycles. The van der Waals surface area contributed by atoms with Crippen molar-refractivity contribution in [3.63, 3.8) is 0 Å². The Hall–Kier alpha value is -4.66. The highest BCUT2D eigenvalue weighted by molar-refractivity contribution is 5.22. The van der Waals surface area contributed by atoms with Crippen LogP contribution in [-0.4, -0.2) is 53.3 Å². The van der Waals surface area contributed by atoms with Crippen LogP contribution >= 0.6 is 0 Å². The first-order chi connectivity index (χ1) is 26.5. The van der Waals surface area contributed by atoms with Gasteiger partial charge in [0.15, 0.2) is 11.5 Å². The molecule has 5 aromatic rings. The molecule has 2 heterocycles. The first-order valence-electron chi connectivity index (χ1n) is 17.7. The van der Waals surface area contributed by atoms with E-state index in [1.807, 2.05) is 121 Å². The maximum atomic E-state index is 15.9. The maximum absolute atomic E-state index is 15.9. The van der Waals surface area contributed by atoms with Gasteiger partial charge in [-0.15, -0.1) is 0 Å². The third kappa shape index (κ3) is 10.4. The number of rotatable bonds is 16. The zero-order valence-corrected chi connectivity index (χ0v) is 29.9. The second kappa shape index (κ2) is 18.3. The highest BCUT2D eigenvalue weighted by atomic mass is 19.4. The fraction of sp³-hybridized carbons (Fsp3) is 0.333. The molecule has 1 aromatic heterocycles. The van der Waals surface area contributed by atoms with Crippen molar-refractivity contribution in [3.05, 3.63) is 167 Å². The van der Waals surface area contributed by atoms with Crippen LogP contribution < -0.4 is 0 Å². The highest BCUT2D eigenvalue weighted by Gasteiger charge is 2.62. The number of aromatic nitrogens is 2. The second-order valence-electron chi connectivity index (χ2n) is 13.2. The molecule has 290 valence electrons. The molecule has 0 bridgehead atoms. The topological polar surface area (TPSA) is 71.9 Å². The minimum atomic E-state index is -6.10. The van der Waals surface area contributed by atoms with Crippen molar-refractivity contribution >= 4 is 0 Å². The number of alkyl halides is 5. The summed E-state index contributed by atoms with van der Waals surface area (Å²) >= 11 is 0. The monoisotopic (exact) mass is 766 g/mol. The number of benzene rings is 4. The van der Waals surface area contributed by atoms with E-state index in [2.05, 4.69) is 9.97 Å². The van der Waals surface area contributed by atoms with Gasteiger partial charge in [-0.05, 0) is 29.2 Å². The molecule has 0 unspecified atom stereocenters. The lowest BCUT2D eigenvalue weighted by atomic mass is 9.91. The summed E-state index contributed by atoms with van der Waals surface area (Å²) in [6.45, 7) is 1.53. The van der Waals surface area contributed by atoms with E-state index in [1.165, 1.54) is 0 Å². The fourth-order valence-electron chi connectivity index (χ4n) is 6.33. The summed E-state index contributed by atoms with van der Waals surface area (Å²) in [6, 6.07) is 37.3. The third-order valence-corrected chi connectivity index (χ3v) is 9.06. The van der Waals surface area contributed by atoms with Gasteiger partial charge in [0.1, 0.15) is 30.2 Å². The molecule has 1 aliphatic heterocycles. The molecule has 0 spiro atoms. The van der Waals surface area contributed by atoms with Crippen LogP contribution in [0.3, 0.4) is 0 Å². The van der Waals surface area contributed by atoms with E-state index in [4.69, 9.17) is 23.7 Å². The van der Waals surface area contributed by atoms with Gasteiger partial charge in [-0.25, -0.2) is 14.4 Å². The summed E-state index contributed by atoms with van der Waals surface area (Å²) in [5, 5.41) is 0. The van der Waals surface area contributed by atoms with Crippen molar-refractivity contribution in [2.24, 2.45) is 0 Å². The number of ether oxygens (including phenoxy) is 5. The maximum Gasteiger partial charge on any atom is 0.459 e. The van der Waals surface area contributed by atoms with Crippen LogP contribution in [0.5, 0.6) is 0 Å². The summed E-state index contributed by atoms with van der Waals surface area (Å²) in [4.78, 5) is 7.18. The zero-order chi connectivity index (χ0) is 38.8. The molecule has 0 radical (unpaired) electrons. The molecule has 1 saturated heterocycles. The van der Waals surface area contributed by atoms with Crippen LogP contribution in [0.4, 0.5) is 26.3 Å². The Labute approximate surface area is 315 Å². The first-order valence-corrected chi connectivity index (χ1v) is 17.7. The van der Waals surface area contributed by atoms with Gasteiger partial charge < -0.3 is 23.7 Å². The van der Waals surface area contributed by atoms with Crippen LogP contribution in [0.15, 0.2) is 121 Å². The van der Waals surface area contributed by atoms with E-state index in [1.54, 1.807) is 0 Å². The average Bonchev–Trinajstić information content (AvgIpc) is 3.18. The standard InChI is InChI=1S/C42H40F6N2O5/c1-28-49-33(36(43)40(50-28)41(44,45)42(46,47)48)22-34-37(52-24-30-16-8-3-9-17-30)39(54-26-32-20-12-5-13-21-32)38(53-25-31-18-10-4-11-19-31)35(55-34)27-51-23-29-14-6-2-7-15-29/h2-21,34-35,37-39H,22-27H2,1H3/t34-,35+,37-,38+,39+/m0/s1. The first kappa shape index (κ1) is 40.0. The minimum absolute atomic E-state index is 0.0276. The summed E-state index contributed by atoms with van der Waals surface area (Å²) < 4.78 is 118. The highest BCUT2D eigenvalue weighted by Crippen LogP contribution is 2.44. The molecule has 0 amide bonds. The van der Waals surface area contributed by atoms with E-state index < -0.39 is 72.1 Å². The zero-order valence-electron chi connectivity index (χ0n) is 29.9. The van der Waals surface area contributed by atoms with Crippen LogP contribution in [0, 0.1) is 12.7 Å².